The van der Waals surface area contributed by atoms with Crippen molar-refractivity contribution in [1.82, 2.24) is 4.31 Å². The highest BCUT2D eigenvalue weighted by Crippen LogP contribution is 2.24. The maximum absolute atomic E-state index is 11.9. The molecule has 3 nitrogen and oxygen atoms in total. The van der Waals surface area contributed by atoms with E-state index in [0.29, 0.717) is 4.90 Å². The molecule has 0 radical (unpaired) electrons. The fraction of sp³-hybridized carbons (Fsp3) is 0.200. The van der Waals surface area contributed by atoms with Gasteiger partial charge in [-0.3, -0.25) is 0 Å². The van der Waals surface area contributed by atoms with E-state index in [4.69, 9.17) is 0 Å². The van der Waals surface area contributed by atoms with Crippen molar-refractivity contribution in [2.24, 2.45) is 0 Å². The average Bonchev–Trinajstić information content (AvgIpc) is 2.46. The standard InChI is InChI=1S/C15H17NO2S2/c1-16(2)20(17,18)15-10-8-14(9-11-15)19-12-13-6-4-3-5-7-13/h3-11H,12H2,1-2H3. The summed E-state index contributed by atoms with van der Waals surface area (Å²) in [6.07, 6.45) is 0. The lowest BCUT2D eigenvalue weighted by molar-refractivity contribution is 0.520. The molecule has 0 N–H and O–H groups in total. The van der Waals surface area contributed by atoms with Crippen molar-refractivity contribution in [2.75, 3.05) is 14.1 Å². The van der Waals surface area contributed by atoms with Crippen LogP contribution in [0.4, 0.5) is 0 Å². The predicted octanol–water partition coefficient (Wildman–Crippen LogP) is 3.23. The Morgan fingerprint density at radius 2 is 1.55 bits per heavy atom. The Hall–Kier alpha value is -1.30. The molecule has 0 aliphatic carbocycles. The quantitative estimate of drug-likeness (QED) is 0.796. The second-order valence-electron chi connectivity index (χ2n) is 4.53. The Bertz CT molecular complexity index is 650. The van der Waals surface area contributed by atoms with Crippen LogP contribution in [-0.2, 0) is 15.8 Å². The second kappa shape index (κ2) is 6.43. The van der Waals surface area contributed by atoms with Gasteiger partial charge < -0.3 is 0 Å². The van der Waals surface area contributed by atoms with Gasteiger partial charge in [0.1, 0.15) is 0 Å². The Morgan fingerprint density at radius 1 is 0.950 bits per heavy atom. The third-order valence-corrected chi connectivity index (χ3v) is 5.76. The molecular formula is C15H17NO2S2. The van der Waals surface area contributed by atoms with E-state index in [1.165, 1.54) is 24.0 Å². The molecule has 0 aromatic heterocycles. The SMILES string of the molecule is CN(C)S(=O)(=O)c1ccc(SCc2ccccc2)cc1. The van der Waals surface area contributed by atoms with Gasteiger partial charge in [-0.15, -0.1) is 11.8 Å². The van der Waals surface area contributed by atoms with Gasteiger partial charge in [0.2, 0.25) is 10.0 Å². The Kier molecular flexibility index (Phi) is 4.86. The Morgan fingerprint density at radius 3 is 2.10 bits per heavy atom. The zero-order chi connectivity index (χ0) is 14.6. The van der Waals surface area contributed by atoms with E-state index in [2.05, 4.69) is 12.1 Å². The first-order chi connectivity index (χ1) is 9.50. The van der Waals surface area contributed by atoms with Gasteiger partial charge in [0.15, 0.2) is 0 Å². The minimum atomic E-state index is -3.34. The normalized spacial score (nSPS) is 11.8. The lowest BCUT2D eigenvalue weighted by atomic mass is 10.2. The molecular weight excluding hydrogens is 290 g/mol. The molecule has 0 aliphatic rings. The van der Waals surface area contributed by atoms with E-state index >= 15 is 0 Å². The lowest BCUT2D eigenvalue weighted by Crippen LogP contribution is -2.22. The molecule has 20 heavy (non-hydrogen) atoms. The van der Waals surface area contributed by atoms with E-state index in [1.807, 2.05) is 30.3 Å². The molecule has 0 fully saturated rings. The fourth-order valence-corrected chi connectivity index (χ4v) is 3.42. The van der Waals surface area contributed by atoms with Crippen LogP contribution in [0.15, 0.2) is 64.4 Å². The highest BCUT2D eigenvalue weighted by Gasteiger charge is 2.16. The first-order valence-electron chi connectivity index (χ1n) is 6.19. The van der Waals surface area contributed by atoms with Crippen LogP contribution in [0.25, 0.3) is 0 Å². The largest absolute Gasteiger partial charge is 0.242 e. The number of nitrogens with zero attached hydrogens (tertiary/aromatic N) is 1. The first-order valence-corrected chi connectivity index (χ1v) is 8.62. The van der Waals surface area contributed by atoms with E-state index in [9.17, 15) is 8.42 Å². The van der Waals surface area contributed by atoms with Gasteiger partial charge in [0.25, 0.3) is 0 Å². The molecule has 0 atom stereocenters. The fourth-order valence-electron chi connectivity index (χ4n) is 1.66. The number of thioether (sulfide) groups is 1. The van der Waals surface area contributed by atoms with Crippen molar-refractivity contribution in [3.8, 4) is 0 Å². The summed E-state index contributed by atoms with van der Waals surface area (Å²) in [5.74, 6) is 0.876. The lowest BCUT2D eigenvalue weighted by Gasteiger charge is -2.11. The Labute approximate surface area is 124 Å². The summed E-state index contributed by atoms with van der Waals surface area (Å²) in [5, 5.41) is 0. The third kappa shape index (κ3) is 3.62. The summed E-state index contributed by atoms with van der Waals surface area (Å²) < 4.78 is 25.1. The van der Waals surface area contributed by atoms with Crippen LogP contribution >= 0.6 is 11.8 Å². The molecule has 0 saturated heterocycles. The van der Waals surface area contributed by atoms with Gasteiger partial charge in [-0.25, -0.2) is 12.7 Å². The minimum Gasteiger partial charge on any atom is -0.207 e. The third-order valence-electron chi connectivity index (χ3n) is 2.85. The molecule has 2 rings (SSSR count). The van der Waals surface area contributed by atoms with Gasteiger partial charge in [0, 0.05) is 24.7 Å². The van der Waals surface area contributed by atoms with Crippen molar-refractivity contribution in [1.29, 1.82) is 0 Å². The molecule has 5 heteroatoms. The molecule has 0 unspecified atom stereocenters. The van der Waals surface area contributed by atoms with Gasteiger partial charge >= 0.3 is 0 Å². The van der Waals surface area contributed by atoms with Gasteiger partial charge in [-0.2, -0.15) is 0 Å². The van der Waals surface area contributed by atoms with E-state index in [-0.39, 0.29) is 0 Å². The second-order valence-corrected chi connectivity index (χ2v) is 7.73. The van der Waals surface area contributed by atoms with E-state index < -0.39 is 10.0 Å². The summed E-state index contributed by atoms with van der Waals surface area (Å²) in [6.45, 7) is 0. The number of sulfonamides is 1. The number of hydrogen-bond donors (Lipinski definition) is 0. The van der Waals surface area contributed by atoms with Crippen molar-refractivity contribution < 1.29 is 8.42 Å². The van der Waals surface area contributed by atoms with Crippen LogP contribution in [0.5, 0.6) is 0 Å². The molecule has 0 heterocycles. The number of hydrogen-bond acceptors (Lipinski definition) is 3. The predicted molar refractivity (Wildman–Crippen MR) is 83.3 cm³/mol. The van der Waals surface area contributed by atoms with Crippen LogP contribution in [0.1, 0.15) is 5.56 Å². The zero-order valence-corrected chi connectivity index (χ0v) is 13.1. The van der Waals surface area contributed by atoms with Crippen molar-refractivity contribution in [2.45, 2.75) is 15.5 Å². The maximum atomic E-state index is 11.9. The topological polar surface area (TPSA) is 37.4 Å². The first kappa shape index (κ1) is 15.1. The summed E-state index contributed by atoms with van der Waals surface area (Å²) in [5.41, 5.74) is 1.25. The van der Waals surface area contributed by atoms with Crippen LogP contribution in [0, 0.1) is 0 Å². The number of benzene rings is 2. The van der Waals surface area contributed by atoms with Crippen molar-refractivity contribution >= 4 is 21.8 Å². The van der Waals surface area contributed by atoms with Crippen molar-refractivity contribution in [3.63, 3.8) is 0 Å². The molecule has 106 valence electrons. The molecule has 0 amide bonds. The van der Waals surface area contributed by atoms with Gasteiger partial charge in [0.05, 0.1) is 4.90 Å². The van der Waals surface area contributed by atoms with Crippen LogP contribution in [0.3, 0.4) is 0 Å². The molecule has 2 aromatic carbocycles. The van der Waals surface area contributed by atoms with Crippen LogP contribution < -0.4 is 0 Å². The Balaban J connectivity index is 2.06. The highest BCUT2D eigenvalue weighted by atomic mass is 32.2. The average molecular weight is 307 g/mol. The van der Waals surface area contributed by atoms with E-state index in [0.717, 1.165) is 10.6 Å². The minimum absolute atomic E-state index is 0.326. The summed E-state index contributed by atoms with van der Waals surface area (Å²) in [6, 6.07) is 17.2. The molecule has 0 saturated carbocycles. The molecule has 0 bridgehead atoms. The number of rotatable bonds is 5. The highest BCUT2D eigenvalue weighted by molar-refractivity contribution is 7.98. The van der Waals surface area contributed by atoms with Gasteiger partial charge in [-0.1, -0.05) is 30.3 Å². The van der Waals surface area contributed by atoms with E-state index in [1.54, 1.807) is 23.9 Å². The van der Waals surface area contributed by atoms with Crippen LogP contribution in [0.2, 0.25) is 0 Å². The zero-order valence-electron chi connectivity index (χ0n) is 11.5. The summed E-state index contributed by atoms with van der Waals surface area (Å²) in [7, 11) is -0.266. The maximum Gasteiger partial charge on any atom is 0.242 e. The summed E-state index contributed by atoms with van der Waals surface area (Å²) in [4.78, 5) is 1.39. The molecule has 0 aliphatic heterocycles. The monoisotopic (exact) mass is 307 g/mol. The smallest absolute Gasteiger partial charge is 0.207 e. The molecule has 2 aromatic rings. The molecule has 0 spiro atoms. The van der Waals surface area contributed by atoms with Crippen LogP contribution in [-0.4, -0.2) is 26.8 Å². The van der Waals surface area contributed by atoms with Gasteiger partial charge in [-0.05, 0) is 29.8 Å². The van der Waals surface area contributed by atoms with Crippen molar-refractivity contribution in [3.05, 3.63) is 60.2 Å². The summed E-state index contributed by atoms with van der Waals surface area (Å²) >= 11 is 1.69.